The first-order valence-corrected chi connectivity index (χ1v) is 9.22. The number of rotatable bonds is 5. The minimum atomic E-state index is -3.51. The quantitative estimate of drug-likeness (QED) is 0.822. The molecular weight excluding hydrogens is 302 g/mol. The molecule has 124 valence electrons. The van der Waals surface area contributed by atoms with Crippen LogP contribution in [0.4, 0.5) is 0 Å². The number of likely N-dealkylation sites (N-methyl/N-ethyl adjacent to an activating group) is 1. The summed E-state index contributed by atoms with van der Waals surface area (Å²) >= 11 is 0. The number of ether oxygens (including phenoxy) is 1. The molecule has 2 heterocycles. The Morgan fingerprint density at radius 3 is 2.68 bits per heavy atom. The SMILES string of the molecule is CCOc1ccc(S(=O)(=O)N2CCCN(C)CC2CC)cn1. The summed E-state index contributed by atoms with van der Waals surface area (Å²) in [6.45, 7) is 6.65. The predicted molar refractivity (Wildman–Crippen MR) is 85.5 cm³/mol. The monoisotopic (exact) mass is 327 g/mol. The smallest absolute Gasteiger partial charge is 0.244 e. The fourth-order valence-corrected chi connectivity index (χ4v) is 4.43. The molecule has 22 heavy (non-hydrogen) atoms. The maximum absolute atomic E-state index is 12.9. The highest BCUT2D eigenvalue weighted by Gasteiger charge is 2.32. The molecule has 0 aliphatic carbocycles. The molecular formula is C15H25N3O3S. The van der Waals surface area contributed by atoms with E-state index in [0.717, 1.165) is 25.9 Å². The summed E-state index contributed by atoms with van der Waals surface area (Å²) in [6.07, 6.45) is 3.03. The molecule has 1 aliphatic rings. The highest BCUT2D eigenvalue weighted by molar-refractivity contribution is 7.89. The predicted octanol–water partition coefficient (Wildman–Crippen LogP) is 1.59. The molecule has 7 heteroatoms. The lowest BCUT2D eigenvalue weighted by Crippen LogP contribution is -2.43. The van der Waals surface area contributed by atoms with Crippen molar-refractivity contribution in [2.45, 2.75) is 37.6 Å². The highest BCUT2D eigenvalue weighted by Crippen LogP contribution is 2.23. The van der Waals surface area contributed by atoms with Gasteiger partial charge in [-0.25, -0.2) is 13.4 Å². The van der Waals surface area contributed by atoms with Crippen LogP contribution in [0.3, 0.4) is 0 Å². The van der Waals surface area contributed by atoms with E-state index in [4.69, 9.17) is 4.74 Å². The second kappa shape index (κ2) is 7.39. The molecule has 1 aliphatic heterocycles. The fourth-order valence-electron chi connectivity index (χ4n) is 2.76. The molecule has 1 saturated heterocycles. The zero-order valence-electron chi connectivity index (χ0n) is 13.5. The van der Waals surface area contributed by atoms with Crippen molar-refractivity contribution in [3.05, 3.63) is 18.3 Å². The summed E-state index contributed by atoms with van der Waals surface area (Å²) in [5.74, 6) is 0.448. The maximum atomic E-state index is 12.9. The van der Waals surface area contributed by atoms with Crippen molar-refractivity contribution in [1.29, 1.82) is 0 Å². The van der Waals surface area contributed by atoms with Crippen LogP contribution >= 0.6 is 0 Å². The Morgan fingerprint density at radius 1 is 1.32 bits per heavy atom. The van der Waals surface area contributed by atoms with Gasteiger partial charge in [0, 0.05) is 25.2 Å². The third-order valence-corrected chi connectivity index (χ3v) is 5.86. The summed E-state index contributed by atoms with van der Waals surface area (Å²) in [5, 5.41) is 0. The Morgan fingerprint density at radius 2 is 2.09 bits per heavy atom. The average Bonchev–Trinajstić information content (AvgIpc) is 2.69. The van der Waals surface area contributed by atoms with E-state index in [9.17, 15) is 8.42 Å². The zero-order chi connectivity index (χ0) is 16.2. The molecule has 0 amide bonds. The Labute approximate surface area is 133 Å². The number of pyridine rings is 1. The van der Waals surface area contributed by atoms with Gasteiger partial charge in [-0.05, 0) is 39.4 Å². The summed E-state index contributed by atoms with van der Waals surface area (Å²) < 4.78 is 32.7. The van der Waals surface area contributed by atoms with E-state index in [2.05, 4.69) is 9.88 Å². The maximum Gasteiger partial charge on any atom is 0.244 e. The van der Waals surface area contributed by atoms with Gasteiger partial charge >= 0.3 is 0 Å². The van der Waals surface area contributed by atoms with Gasteiger partial charge in [-0.1, -0.05) is 6.92 Å². The van der Waals surface area contributed by atoms with E-state index in [0.29, 0.717) is 19.0 Å². The van der Waals surface area contributed by atoms with E-state index in [-0.39, 0.29) is 10.9 Å². The second-order valence-corrected chi connectivity index (χ2v) is 7.45. The van der Waals surface area contributed by atoms with E-state index < -0.39 is 10.0 Å². The minimum absolute atomic E-state index is 0.00377. The van der Waals surface area contributed by atoms with Gasteiger partial charge in [-0.15, -0.1) is 0 Å². The molecule has 0 spiro atoms. The first-order chi connectivity index (χ1) is 10.5. The van der Waals surface area contributed by atoms with E-state index in [1.165, 1.54) is 6.20 Å². The number of hydrogen-bond donors (Lipinski definition) is 0. The first kappa shape index (κ1) is 17.2. The molecule has 1 unspecified atom stereocenters. The number of sulfonamides is 1. The van der Waals surface area contributed by atoms with Crippen molar-refractivity contribution in [3.8, 4) is 5.88 Å². The lowest BCUT2D eigenvalue weighted by Gasteiger charge is -2.29. The molecule has 0 bridgehead atoms. The second-order valence-electron chi connectivity index (χ2n) is 5.56. The molecule has 1 atom stereocenters. The topological polar surface area (TPSA) is 62.7 Å². The van der Waals surface area contributed by atoms with E-state index in [1.54, 1.807) is 16.4 Å². The van der Waals surface area contributed by atoms with Crippen molar-refractivity contribution in [1.82, 2.24) is 14.2 Å². The molecule has 0 saturated carbocycles. The van der Waals surface area contributed by atoms with Crippen LogP contribution < -0.4 is 4.74 Å². The molecule has 1 fully saturated rings. The third kappa shape index (κ3) is 3.77. The Balaban J connectivity index is 2.27. The van der Waals surface area contributed by atoms with Crippen LogP contribution in [-0.2, 0) is 10.0 Å². The number of nitrogens with zero attached hydrogens (tertiary/aromatic N) is 3. The molecule has 6 nitrogen and oxygen atoms in total. The van der Waals surface area contributed by atoms with Gasteiger partial charge < -0.3 is 9.64 Å². The van der Waals surface area contributed by atoms with Crippen molar-refractivity contribution in [2.75, 3.05) is 33.3 Å². The fraction of sp³-hybridized carbons (Fsp3) is 0.667. The molecule has 0 radical (unpaired) electrons. The first-order valence-electron chi connectivity index (χ1n) is 7.78. The minimum Gasteiger partial charge on any atom is -0.478 e. The normalized spacial score (nSPS) is 21.5. The Hall–Kier alpha value is -1.18. The average molecular weight is 327 g/mol. The van der Waals surface area contributed by atoms with E-state index in [1.807, 2.05) is 20.9 Å². The van der Waals surface area contributed by atoms with Gasteiger partial charge in [0.25, 0.3) is 0 Å². The van der Waals surface area contributed by atoms with Crippen LogP contribution in [0.2, 0.25) is 0 Å². The molecule has 0 N–H and O–H groups in total. The van der Waals surface area contributed by atoms with Gasteiger partial charge in [-0.3, -0.25) is 0 Å². The van der Waals surface area contributed by atoms with Crippen LogP contribution in [0.15, 0.2) is 23.2 Å². The number of hydrogen-bond acceptors (Lipinski definition) is 5. The van der Waals surface area contributed by atoms with Crippen molar-refractivity contribution < 1.29 is 13.2 Å². The van der Waals surface area contributed by atoms with Gasteiger partial charge in [0.15, 0.2) is 0 Å². The Bertz CT molecular complexity index is 574. The summed E-state index contributed by atoms with van der Waals surface area (Å²) in [6, 6.07) is 3.19. The van der Waals surface area contributed by atoms with Crippen LogP contribution in [-0.4, -0.2) is 61.9 Å². The molecule has 2 rings (SSSR count). The summed E-state index contributed by atoms with van der Waals surface area (Å²) in [7, 11) is -1.47. The largest absolute Gasteiger partial charge is 0.478 e. The van der Waals surface area contributed by atoms with Gasteiger partial charge in [-0.2, -0.15) is 4.31 Å². The summed E-state index contributed by atoms with van der Waals surface area (Å²) in [4.78, 5) is 6.51. The molecule has 1 aromatic rings. The van der Waals surface area contributed by atoms with Crippen LogP contribution in [0.25, 0.3) is 0 Å². The Kier molecular flexibility index (Phi) is 5.77. The van der Waals surface area contributed by atoms with Crippen molar-refractivity contribution in [2.24, 2.45) is 0 Å². The molecule has 0 aromatic carbocycles. The zero-order valence-corrected chi connectivity index (χ0v) is 14.3. The van der Waals surface area contributed by atoms with Gasteiger partial charge in [0.2, 0.25) is 15.9 Å². The highest BCUT2D eigenvalue weighted by atomic mass is 32.2. The lowest BCUT2D eigenvalue weighted by atomic mass is 10.2. The standard InChI is InChI=1S/C15H25N3O3S/c1-4-13-12-17(3)9-6-10-18(13)22(19,20)14-7-8-15(16-11-14)21-5-2/h7-8,11,13H,4-6,9-10,12H2,1-3H3. The van der Waals surface area contributed by atoms with Crippen LogP contribution in [0.1, 0.15) is 26.7 Å². The summed E-state index contributed by atoms with van der Waals surface area (Å²) in [5.41, 5.74) is 0. The number of aromatic nitrogens is 1. The van der Waals surface area contributed by atoms with Gasteiger partial charge in [0.1, 0.15) is 4.90 Å². The third-order valence-electron chi connectivity index (χ3n) is 3.93. The van der Waals surface area contributed by atoms with Crippen molar-refractivity contribution >= 4 is 10.0 Å². The van der Waals surface area contributed by atoms with Crippen LogP contribution in [0.5, 0.6) is 5.88 Å². The van der Waals surface area contributed by atoms with Gasteiger partial charge in [0.05, 0.1) is 12.8 Å². The lowest BCUT2D eigenvalue weighted by molar-refractivity contribution is 0.270. The molecule has 1 aromatic heterocycles. The van der Waals surface area contributed by atoms with E-state index >= 15 is 0 Å². The van der Waals surface area contributed by atoms with Crippen molar-refractivity contribution in [3.63, 3.8) is 0 Å². The van der Waals surface area contributed by atoms with Crippen LogP contribution in [0, 0.1) is 0 Å².